The molecule has 0 aliphatic heterocycles. The van der Waals surface area contributed by atoms with Crippen LogP contribution in [0.4, 0.5) is 5.69 Å². The monoisotopic (exact) mass is 450 g/mol. The predicted octanol–water partition coefficient (Wildman–Crippen LogP) is 5.61. The maximum absolute atomic E-state index is 10.8. The Morgan fingerprint density at radius 2 is 1.86 bits per heavy atom. The van der Waals surface area contributed by atoms with Gasteiger partial charge >= 0.3 is 0 Å². The molecule has 0 aromatic heterocycles. The fourth-order valence-corrected chi connectivity index (χ4v) is 3.28. The Morgan fingerprint density at radius 1 is 1.11 bits per heavy atom. The highest BCUT2D eigenvalue weighted by molar-refractivity contribution is 9.10. The van der Waals surface area contributed by atoms with Gasteiger partial charge in [0.2, 0.25) is 0 Å². The second-order valence-corrected chi connectivity index (χ2v) is 7.36. The molecule has 2 aromatic rings. The minimum Gasteiger partial charge on any atom is -0.493 e. The van der Waals surface area contributed by atoms with Gasteiger partial charge in [-0.25, -0.2) is 0 Å². The number of rotatable bonds is 12. The zero-order valence-electron chi connectivity index (χ0n) is 16.4. The molecule has 0 unspecified atom stereocenters. The Labute approximate surface area is 174 Å². The number of ether oxygens (including phenoxy) is 2. The van der Waals surface area contributed by atoms with Crippen LogP contribution in [-0.4, -0.2) is 18.6 Å². The maximum Gasteiger partial charge on any atom is 0.269 e. The first kappa shape index (κ1) is 22.2. The third kappa shape index (κ3) is 6.49. The number of hydrogen-bond donors (Lipinski definition) is 1. The van der Waals surface area contributed by atoms with E-state index in [1.807, 2.05) is 12.1 Å². The van der Waals surface area contributed by atoms with Gasteiger partial charge in [0.1, 0.15) is 6.61 Å². The van der Waals surface area contributed by atoms with Crippen LogP contribution >= 0.6 is 15.9 Å². The molecule has 152 valence electrons. The first-order valence-electron chi connectivity index (χ1n) is 9.49. The second-order valence-electron chi connectivity index (χ2n) is 6.51. The Morgan fingerprint density at radius 3 is 2.50 bits per heavy atom. The van der Waals surface area contributed by atoms with E-state index in [0.29, 0.717) is 24.7 Å². The lowest BCUT2D eigenvalue weighted by Gasteiger charge is -2.17. The smallest absolute Gasteiger partial charge is 0.269 e. The number of nitro benzene ring substituents is 1. The van der Waals surface area contributed by atoms with E-state index in [-0.39, 0.29) is 5.69 Å². The second kappa shape index (κ2) is 11.7. The SMILES string of the molecule is CCCCCCNCc1c(Br)ccc(OC)c1OCc1ccc([N+](=O)[O-])cc1. The van der Waals surface area contributed by atoms with Crippen molar-refractivity contribution in [2.75, 3.05) is 13.7 Å². The summed E-state index contributed by atoms with van der Waals surface area (Å²) in [5, 5.41) is 14.3. The van der Waals surface area contributed by atoms with E-state index in [1.165, 1.54) is 31.4 Å². The van der Waals surface area contributed by atoms with Crippen LogP contribution in [0.15, 0.2) is 40.9 Å². The Kier molecular flexibility index (Phi) is 9.23. The largest absolute Gasteiger partial charge is 0.493 e. The summed E-state index contributed by atoms with van der Waals surface area (Å²) in [5.41, 5.74) is 1.92. The van der Waals surface area contributed by atoms with Gasteiger partial charge in [0.05, 0.1) is 12.0 Å². The average Bonchev–Trinajstić information content (AvgIpc) is 2.70. The highest BCUT2D eigenvalue weighted by atomic mass is 79.9. The van der Waals surface area contributed by atoms with E-state index < -0.39 is 4.92 Å². The van der Waals surface area contributed by atoms with Gasteiger partial charge in [0.15, 0.2) is 11.5 Å². The van der Waals surface area contributed by atoms with Gasteiger partial charge in [-0.05, 0) is 42.8 Å². The van der Waals surface area contributed by atoms with Gasteiger partial charge in [0, 0.05) is 28.7 Å². The molecular formula is C21H27BrN2O4. The molecule has 28 heavy (non-hydrogen) atoms. The highest BCUT2D eigenvalue weighted by Gasteiger charge is 2.15. The molecule has 0 heterocycles. The summed E-state index contributed by atoms with van der Waals surface area (Å²) >= 11 is 3.61. The highest BCUT2D eigenvalue weighted by Crippen LogP contribution is 2.36. The molecule has 0 saturated carbocycles. The number of nitro groups is 1. The van der Waals surface area contributed by atoms with Gasteiger partial charge in [-0.15, -0.1) is 0 Å². The van der Waals surface area contributed by atoms with Crippen molar-refractivity contribution in [3.05, 3.63) is 62.1 Å². The standard InChI is InChI=1S/C21H27BrN2O4/c1-3-4-5-6-13-23-14-18-19(22)11-12-20(27-2)21(18)28-15-16-7-9-17(10-8-16)24(25)26/h7-12,23H,3-6,13-15H2,1-2H3. The van der Waals surface area contributed by atoms with Gasteiger partial charge in [-0.3, -0.25) is 10.1 Å². The van der Waals surface area contributed by atoms with Gasteiger partial charge in [-0.2, -0.15) is 0 Å². The minimum absolute atomic E-state index is 0.0664. The lowest BCUT2D eigenvalue weighted by Crippen LogP contribution is -2.16. The van der Waals surface area contributed by atoms with Gasteiger partial charge in [0.25, 0.3) is 5.69 Å². The van der Waals surface area contributed by atoms with Crippen molar-refractivity contribution >= 4 is 21.6 Å². The van der Waals surface area contributed by atoms with Crippen molar-refractivity contribution in [2.45, 2.75) is 45.8 Å². The van der Waals surface area contributed by atoms with Crippen molar-refractivity contribution in [2.24, 2.45) is 0 Å². The number of benzene rings is 2. The van der Waals surface area contributed by atoms with Crippen LogP contribution in [0, 0.1) is 10.1 Å². The summed E-state index contributed by atoms with van der Waals surface area (Å²) in [5.74, 6) is 1.34. The zero-order valence-corrected chi connectivity index (χ0v) is 18.0. The van der Waals surface area contributed by atoms with Crippen LogP contribution in [-0.2, 0) is 13.2 Å². The normalized spacial score (nSPS) is 10.7. The van der Waals surface area contributed by atoms with E-state index in [0.717, 1.165) is 28.6 Å². The van der Waals surface area contributed by atoms with Crippen LogP contribution in [0.5, 0.6) is 11.5 Å². The van der Waals surface area contributed by atoms with E-state index in [1.54, 1.807) is 19.2 Å². The predicted molar refractivity (Wildman–Crippen MR) is 114 cm³/mol. The molecular weight excluding hydrogens is 424 g/mol. The summed E-state index contributed by atoms with van der Waals surface area (Å²) in [7, 11) is 1.62. The number of nitrogens with zero attached hydrogens (tertiary/aromatic N) is 1. The molecule has 7 heteroatoms. The van der Waals surface area contributed by atoms with Crippen LogP contribution in [0.1, 0.15) is 43.7 Å². The summed E-state index contributed by atoms with van der Waals surface area (Å²) in [4.78, 5) is 10.4. The lowest BCUT2D eigenvalue weighted by molar-refractivity contribution is -0.384. The van der Waals surface area contributed by atoms with Crippen molar-refractivity contribution in [3.8, 4) is 11.5 Å². The van der Waals surface area contributed by atoms with E-state index in [9.17, 15) is 10.1 Å². The summed E-state index contributed by atoms with van der Waals surface area (Å²) in [6.07, 6.45) is 4.86. The quantitative estimate of drug-likeness (QED) is 0.258. The van der Waals surface area contributed by atoms with Crippen LogP contribution < -0.4 is 14.8 Å². The van der Waals surface area contributed by atoms with Gasteiger partial charge in [-0.1, -0.05) is 42.1 Å². The molecule has 6 nitrogen and oxygen atoms in total. The summed E-state index contributed by atoms with van der Waals surface area (Å²) < 4.78 is 12.5. The first-order chi connectivity index (χ1) is 13.6. The first-order valence-corrected chi connectivity index (χ1v) is 10.3. The molecule has 0 amide bonds. The molecule has 2 aromatic carbocycles. The number of unbranched alkanes of at least 4 members (excludes halogenated alkanes) is 3. The fraction of sp³-hybridized carbons (Fsp3) is 0.429. The maximum atomic E-state index is 10.8. The number of nitrogens with one attached hydrogen (secondary N) is 1. The van der Waals surface area contributed by atoms with Crippen molar-refractivity contribution in [1.29, 1.82) is 0 Å². The fourth-order valence-electron chi connectivity index (χ4n) is 2.83. The number of hydrogen-bond acceptors (Lipinski definition) is 5. The van der Waals surface area contributed by atoms with Crippen molar-refractivity contribution in [1.82, 2.24) is 5.32 Å². The van der Waals surface area contributed by atoms with Crippen LogP contribution in [0.25, 0.3) is 0 Å². The Bertz CT molecular complexity index is 766. The molecule has 0 radical (unpaired) electrons. The van der Waals surface area contributed by atoms with Gasteiger partial charge < -0.3 is 14.8 Å². The summed E-state index contributed by atoms with van der Waals surface area (Å²) in [6.45, 7) is 4.12. The average molecular weight is 451 g/mol. The molecule has 0 saturated heterocycles. The third-order valence-corrected chi connectivity index (χ3v) is 5.17. The minimum atomic E-state index is -0.410. The Balaban J connectivity index is 2.06. The molecule has 0 fully saturated rings. The zero-order chi connectivity index (χ0) is 20.4. The molecule has 0 aliphatic carbocycles. The van der Waals surface area contributed by atoms with Crippen molar-refractivity contribution < 1.29 is 14.4 Å². The van der Waals surface area contributed by atoms with E-state index >= 15 is 0 Å². The van der Waals surface area contributed by atoms with Crippen LogP contribution in [0.3, 0.4) is 0 Å². The number of methoxy groups -OCH3 is 1. The lowest BCUT2D eigenvalue weighted by atomic mass is 10.1. The van der Waals surface area contributed by atoms with Crippen LogP contribution in [0.2, 0.25) is 0 Å². The molecule has 0 atom stereocenters. The Hall–Kier alpha value is -2.12. The topological polar surface area (TPSA) is 73.6 Å². The summed E-state index contributed by atoms with van der Waals surface area (Å²) in [6, 6.07) is 10.2. The molecule has 2 rings (SSSR count). The van der Waals surface area contributed by atoms with E-state index in [2.05, 4.69) is 28.2 Å². The number of non-ortho nitro benzene ring substituents is 1. The molecule has 1 N–H and O–H groups in total. The third-order valence-electron chi connectivity index (χ3n) is 4.43. The van der Waals surface area contributed by atoms with Crippen molar-refractivity contribution in [3.63, 3.8) is 0 Å². The molecule has 0 aliphatic rings. The molecule has 0 bridgehead atoms. The molecule has 0 spiro atoms. The number of halogens is 1. The van der Waals surface area contributed by atoms with E-state index in [4.69, 9.17) is 9.47 Å².